The highest BCUT2D eigenvalue weighted by atomic mass is 79.9. The first-order valence-electron chi connectivity index (χ1n) is 5.12. The first-order valence-corrected chi connectivity index (χ1v) is 6.25. The third kappa shape index (κ3) is 8.29. The van der Waals surface area contributed by atoms with E-state index in [1.807, 2.05) is 12.2 Å². The maximum atomic E-state index is 3.73. The van der Waals surface area contributed by atoms with Crippen molar-refractivity contribution in [3.8, 4) is 0 Å². The average molecular weight is 245 g/mol. The van der Waals surface area contributed by atoms with Gasteiger partial charge in [0.15, 0.2) is 0 Å². The van der Waals surface area contributed by atoms with Gasteiger partial charge in [0.1, 0.15) is 0 Å². The van der Waals surface area contributed by atoms with Crippen LogP contribution >= 0.6 is 15.9 Å². The summed E-state index contributed by atoms with van der Waals surface area (Å²) < 4.78 is 0. The molecule has 0 rings (SSSR count). The highest BCUT2D eigenvalue weighted by Gasteiger charge is 2.05. The lowest BCUT2D eigenvalue weighted by Crippen LogP contribution is -2.01. The molecule has 0 aliphatic heterocycles. The van der Waals surface area contributed by atoms with Crippen molar-refractivity contribution in [2.24, 2.45) is 5.92 Å². The zero-order valence-corrected chi connectivity index (χ0v) is 10.1. The molecule has 76 valence electrons. The molecule has 0 aliphatic rings. The second-order valence-electron chi connectivity index (χ2n) is 3.46. The van der Waals surface area contributed by atoms with Gasteiger partial charge in [0.25, 0.3) is 0 Å². The van der Waals surface area contributed by atoms with E-state index in [-0.39, 0.29) is 0 Å². The molecule has 0 aliphatic carbocycles. The molecule has 0 nitrogen and oxygen atoms in total. The minimum Gasteiger partial charge on any atom is -0.103 e. The molecule has 0 saturated carbocycles. The maximum Gasteiger partial charge on any atom is 0.00596 e. The standard InChI is InChI=1S/C12H21Br/c1-3-5-7-9-12(11-13)10-8-6-4-2/h3-4,12H,1-2,5-11H2. The molecule has 0 radical (unpaired) electrons. The van der Waals surface area contributed by atoms with E-state index < -0.39 is 0 Å². The van der Waals surface area contributed by atoms with Gasteiger partial charge in [0, 0.05) is 5.33 Å². The molecule has 0 heterocycles. The summed E-state index contributed by atoms with van der Waals surface area (Å²) in [7, 11) is 0. The van der Waals surface area contributed by atoms with Crippen LogP contribution in [-0.4, -0.2) is 5.33 Å². The van der Waals surface area contributed by atoms with E-state index in [1.165, 1.54) is 25.7 Å². The number of allylic oxidation sites excluding steroid dienone is 2. The Bertz CT molecular complexity index is 115. The van der Waals surface area contributed by atoms with Crippen molar-refractivity contribution in [1.82, 2.24) is 0 Å². The molecule has 0 aromatic rings. The summed E-state index contributed by atoms with van der Waals surface area (Å²) in [4.78, 5) is 0. The summed E-state index contributed by atoms with van der Waals surface area (Å²) >= 11 is 3.57. The molecule has 0 spiro atoms. The summed E-state index contributed by atoms with van der Waals surface area (Å²) in [6, 6.07) is 0. The fourth-order valence-corrected chi connectivity index (χ4v) is 2.05. The molecule has 0 bridgehead atoms. The van der Waals surface area contributed by atoms with Crippen molar-refractivity contribution in [1.29, 1.82) is 0 Å². The van der Waals surface area contributed by atoms with Crippen molar-refractivity contribution in [2.45, 2.75) is 38.5 Å². The Morgan fingerprint density at radius 1 is 1.00 bits per heavy atom. The van der Waals surface area contributed by atoms with Gasteiger partial charge in [-0.15, -0.1) is 13.2 Å². The molecular formula is C12H21Br. The number of rotatable bonds is 9. The second-order valence-corrected chi connectivity index (χ2v) is 4.11. The molecule has 1 heteroatoms. The molecule has 13 heavy (non-hydrogen) atoms. The minimum atomic E-state index is 0.847. The molecule has 0 saturated heterocycles. The van der Waals surface area contributed by atoms with Crippen LogP contribution in [0, 0.1) is 5.92 Å². The average Bonchev–Trinajstić information content (AvgIpc) is 2.16. The predicted molar refractivity (Wildman–Crippen MR) is 65.4 cm³/mol. The van der Waals surface area contributed by atoms with Crippen molar-refractivity contribution in [3.63, 3.8) is 0 Å². The Balaban J connectivity index is 3.38. The minimum absolute atomic E-state index is 0.847. The van der Waals surface area contributed by atoms with Crippen LogP contribution in [0.3, 0.4) is 0 Å². The Morgan fingerprint density at radius 3 is 1.77 bits per heavy atom. The van der Waals surface area contributed by atoms with Gasteiger partial charge in [-0.05, 0) is 44.4 Å². The normalized spacial score (nSPS) is 10.3. The van der Waals surface area contributed by atoms with Crippen LogP contribution in [0.5, 0.6) is 0 Å². The quantitative estimate of drug-likeness (QED) is 0.313. The van der Waals surface area contributed by atoms with Gasteiger partial charge in [-0.25, -0.2) is 0 Å². The lowest BCUT2D eigenvalue weighted by Gasteiger charge is -2.12. The summed E-state index contributed by atoms with van der Waals surface area (Å²) in [5.41, 5.74) is 0. The zero-order valence-electron chi connectivity index (χ0n) is 8.47. The van der Waals surface area contributed by atoms with Gasteiger partial charge in [0.2, 0.25) is 0 Å². The Labute approximate surface area is 91.2 Å². The highest BCUT2D eigenvalue weighted by Crippen LogP contribution is 2.18. The van der Waals surface area contributed by atoms with Crippen molar-refractivity contribution in [2.75, 3.05) is 5.33 Å². The van der Waals surface area contributed by atoms with Gasteiger partial charge >= 0.3 is 0 Å². The van der Waals surface area contributed by atoms with Crippen LogP contribution in [0.1, 0.15) is 38.5 Å². The van der Waals surface area contributed by atoms with E-state index in [4.69, 9.17) is 0 Å². The molecule has 0 N–H and O–H groups in total. The van der Waals surface area contributed by atoms with Crippen molar-refractivity contribution in [3.05, 3.63) is 25.3 Å². The van der Waals surface area contributed by atoms with Crippen LogP contribution in [0.25, 0.3) is 0 Å². The van der Waals surface area contributed by atoms with Crippen LogP contribution in [0.15, 0.2) is 25.3 Å². The van der Waals surface area contributed by atoms with Gasteiger partial charge in [0.05, 0.1) is 0 Å². The van der Waals surface area contributed by atoms with E-state index in [2.05, 4.69) is 29.1 Å². The first kappa shape index (κ1) is 13.0. The SMILES string of the molecule is C=CCCCC(CBr)CCCC=C. The fourth-order valence-electron chi connectivity index (χ4n) is 1.40. The number of halogens is 1. The zero-order chi connectivity index (χ0) is 9.94. The van der Waals surface area contributed by atoms with Gasteiger partial charge in [-0.1, -0.05) is 28.1 Å². The Kier molecular flexibility index (Phi) is 10.0. The van der Waals surface area contributed by atoms with E-state index in [1.54, 1.807) is 0 Å². The lowest BCUT2D eigenvalue weighted by atomic mass is 9.98. The van der Waals surface area contributed by atoms with Crippen molar-refractivity contribution >= 4 is 15.9 Å². The predicted octanol–water partition coefficient (Wildman–Crippen LogP) is 4.71. The van der Waals surface area contributed by atoms with Crippen LogP contribution in [0.2, 0.25) is 0 Å². The fraction of sp³-hybridized carbons (Fsp3) is 0.667. The Hall–Kier alpha value is -0.0400. The summed E-state index contributed by atoms with van der Waals surface area (Å²) in [5, 5.41) is 1.14. The molecule has 0 unspecified atom stereocenters. The van der Waals surface area contributed by atoms with Gasteiger partial charge in [-0.2, -0.15) is 0 Å². The van der Waals surface area contributed by atoms with Crippen LogP contribution in [-0.2, 0) is 0 Å². The summed E-state index contributed by atoms with van der Waals surface area (Å²) in [6.07, 6.45) is 11.6. The molecule has 0 aromatic heterocycles. The van der Waals surface area contributed by atoms with E-state index in [9.17, 15) is 0 Å². The lowest BCUT2D eigenvalue weighted by molar-refractivity contribution is 0.473. The number of hydrogen-bond acceptors (Lipinski definition) is 0. The largest absolute Gasteiger partial charge is 0.103 e. The Morgan fingerprint density at radius 2 is 1.46 bits per heavy atom. The van der Waals surface area contributed by atoms with E-state index >= 15 is 0 Å². The van der Waals surface area contributed by atoms with E-state index in [0.29, 0.717) is 0 Å². The second kappa shape index (κ2) is 10.0. The molecule has 0 aromatic carbocycles. The van der Waals surface area contributed by atoms with E-state index in [0.717, 1.165) is 24.1 Å². The van der Waals surface area contributed by atoms with Gasteiger partial charge < -0.3 is 0 Å². The van der Waals surface area contributed by atoms with Crippen molar-refractivity contribution < 1.29 is 0 Å². The van der Waals surface area contributed by atoms with Crippen LogP contribution < -0.4 is 0 Å². The maximum absolute atomic E-state index is 3.73. The summed E-state index contributed by atoms with van der Waals surface area (Å²) in [6.45, 7) is 7.47. The monoisotopic (exact) mass is 244 g/mol. The molecule has 0 amide bonds. The third-order valence-electron chi connectivity index (χ3n) is 2.26. The third-order valence-corrected chi connectivity index (χ3v) is 3.18. The first-order chi connectivity index (χ1) is 6.35. The number of alkyl halides is 1. The topological polar surface area (TPSA) is 0 Å². The highest BCUT2D eigenvalue weighted by molar-refractivity contribution is 9.09. The molecule has 0 fully saturated rings. The number of unbranched alkanes of at least 4 members (excludes halogenated alkanes) is 2. The van der Waals surface area contributed by atoms with Crippen LogP contribution in [0.4, 0.5) is 0 Å². The summed E-state index contributed by atoms with van der Waals surface area (Å²) in [5.74, 6) is 0.847. The smallest absolute Gasteiger partial charge is 0.00596 e. The molecular weight excluding hydrogens is 224 g/mol. The van der Waals surface area contributed by atoms with Gasteiger partial charge in [-0.3, -0.25) is 0 Å². The molecule has 0 atom stereocenters. The number of hydrogen-bond donors (Lipinski definition) is 0.